The lowest BCUT2D eigenvalue weighted by atomic mass is 10.0. The van der Waals surface area contributed by atoms with Gasteiger partial charge in [-0.3, -0.25) is 4.79 Å². The molecule has 0 aliphatic carbocycles. The van der Waals surface area contributed by atoms with Crippen molar-refractivity contribution in [2.24, 2.45) is 0 Å². The second-order valence-corrected chi connectivity index (χ2v) is 11.4. The molecule has 9 nitrogen and oxygen atoms in total. The average Bonchev–Trinajstić information content (AvgIpc) is 3.43. The standard InChI is InChI=1S/C32H40N6O3/c1-3-30(40)37-17-18-38(24(20-37)14-19-39)31-27-13-16-36(29-12-6-9-23-8-4-5-11-26(23)29)21-28(27)33-32(34-31)41-22-25-10-7-15-35(25)2/h3-6,8-9,11-12,24-25,39H,1,7,10,13-22H2,2H3/t24?,25-/m0/s1. The topological polar surface area (TPSA) is 85.3 Å². The van der Waals surface area contributed by atoms with Crippen molar-refractivity contribution in [2.75, 3.05) is 62.8 Å². The van der Waals surface area contributed by atoms with Gasteiger partial charge in [0.25, 0.3) is 0 Å². The molecular formula is C32H40N6O3. The van der Waals surface area contributed by atoms with Crippen LogP contribution in [0.1, 0.15) is 30.5 Å². The molecule has 0 bridgehead atoms. The van der Waals surface area contributed by atoms with Crippen molar-refractivity contribution in [1.82, 2.24) is 19.8 Å². The van der Waals surface area contributed by atoms with Gasteiger partial charge in [-0.05, 0) is 56.8 Å². The van der Waals surface area contributed by atoms with E-state index < -0.39 is 0 Å². The highest BCUT2D eigenvalue weighted by molar-refractivity contribution is 5.94. The third kappa shape index (κ3) is 5.61. The summed E-state index contributed by atoms with van der Waals surface area (Å²) in [4.78, 5) is 31.3. The van der Waals surface area contributed by atoms with Crippen LogP contribution in [-0.4, -0.2) is 95.9 Å². The van der Waals surface area contributed by atoms with E-state index in [4.69, 9.17) is 14.7 Å². The van der Waals surface area contributed by atoms with E-state index in [0.717, 1.165) is 43.0 Å². The van der Waals surface area contributed by atoms with E-state index in [9.17, 15) is 9.90 Å². The summed E-state index contributed by atoms with van der Waals surface area (Å²) in [6, 6.07) is 15.7. The first-order valence-corrected chi connectivity index (χ1v) is 14.8. The number of anilines is 2. The molecule has 1 amide bonds. The third-order valence-electron chi connectivity index (χ3n) is 8.91. The van der Waals surface area contributed by atoms with E-state index in [-0.39, 0.29) is 18.6 Å². The molecule has 3 aromatic rings. The summed E-state index contributed by atoms with van der Waals surface area (Å²) in [5, 5.41) is 12.4. The number of aromatic nitrogens is 2. The molecule has 216 valence electrons. The highest BCUT2D eigenvalue weighted by atomic mass is 16.5. The molecule has 9 heteroatoms. The molecule has 6 rings (SSSR count). The molecule has 2 fully saturated rings. The Morgan fingerprint density at radius 3 is 2.76 bits per heavy atom. The number of carbonyl (C=O) groups is 1. The van der Waals surface area contributed by atoms with Crippen LogP contribution in [0.2, 0.25) is 0 Å². The van der Waals surface area contributed by atoms with Crippen molar-refractivity contribution < 1.29 is 14.6 Å². The lowest BCUT2D eigenvalue weighted by Gasteiger charge is -2.43. The molecule has 0 radical (unpaired) electrons. The number of amides is 1. The summed E-state index contributed by atoms with van der Waals surface area (Å²) in [6.45, 7) is 8.59. The molecule has 1 unspecified atom stereocenters. The van der Waals surface area contributed by atoms with Gasteiger partial charge in [0.1, 0.15) is 12.4 Å². The molecule has 2 atom stereocenters. The number of likely N-dealkylation sites (tertiary alicyclic amines) is 1. The fourth-order valence-electron chi connectivity index (χ4n) is 6.60. The normalized spacial score (nSPS) is 21.3. The number of benzene rings is 2. The molecule has 4 heterocycles. The Bertz CT molecular complexity index is 1410. The molecule has 3 aliphatic heterocycles. The highest BCUT2D eigenvalue weighted by Gasteiger charge is 2.34. The second kappa shape index (κ2) is 12.0. The van der Waals surface area contributed by atoms with Gasteiger partial charge in [-0.1, -0.05) is 43.0 Å². The lowest BCUT2D eigenvalue weighted by molar-refractivity contribution is -0.126. The summed E-state index contributed by atoms with van der Waals surface area (Å²) in [7, 11) is 2.14. The highest BCUT2D eigenvalue weighted by Crippen LogP contribution is 2.35. The van der Waals surface area contributed by atoms with Crippen LogP contribution in [0, 0.1) is 0 Å². The molecule has 41 heavy (non-hydrogen) atoms. The van der Waals surface area contributed by atoms with Crippen molar-refractivity contribution in [2.45, 2.75) is 44.3 Å². The van der Waals surface area contributed by atoms with Crippen molar-refractivity contribution in [3.63, 3.8) is 0 Å². The molecule has 2 aromatic carbocycles. The molecule has 3 aliphatic rings. The van der Waals surface area contributed by atoms with E-state index in [1.165, 1.54) is 29.0 Å². The number of hydrogen-bond acceptors (Lipinski definition) is 8. The van der Waals surface area contributed by atoms with Gasteiger partial charge in [-0.25, -0.2) is 0 Å². The molecule has 1 N–H and O–H groups in total. The maximum atomic E-state index is 12.4. The summed E-state index contributed by atoms with van der Waals surface area (Å²) >= 11 is 0. The number of likely N-dealkylation sites (N-methyl/N-ethyl adjacent to an activating group) is 1. The van der Waals surface area contributed by atoms with Gasteiger partial charge in [0.2, 0.25) is 5.91 Å². The number of nitrogens with zero attached hydrogens (tertiary/aromatic N) is 6. The van der Waals surface area contributed by atoms with Gasteiger partial charge in [-0.15, -0.1) is 0 Å². The fourth-order valence-corrected chi connectivity index (χ4v) is 6.60. The number of carbonyl (C=O) groups excluding carboxylic acids is 1. The quantitative estimate of drug-likeness (QED) is 0.424. The van der Waals surface area contributed by atoms with Crippen LogP contribution in [0.5, 0.6) is 6.01 Å². The Balaban J connectivity index is 1.34. The Hall–Kier alpha value is -3.69. The maximum Gasteiger partial charge on any atom is 0.318 e. The number of rotatable bonds is 8. The Kier molecular flexibility index (Phi) is 8.07. The van der Waals surface area contributed by atoms with Gasteiger partial charge in [0, 0.05) is 55.5 Å². The molecular weight excluding hydrogens is 516 g/mol. The largest absolute Gasteiger partial charge is 0.462 e. The summed E-state index contributed by atoms with van der Waals surface area (Å²) < 4.78 is 6.30. The van der Waals surface area contributed by atoms with Crippen LogP contribution >= 0.6 is 0 Å². The minimum atomic E-state index is -0.0762. The molecule has 2 saturated heterocycles. The zero-order valence-corrected chi connectivity index (χ0v) is 23.9. The van der Waals surface area contributed by atoms with Gasteiger partial charge in [0.05, 0.1) is 18.3 Å². The third-order valence-corrected chi connectivity index (χ3v) is 8.91. The zero-order chi connectivity index (χ0) is 28.3. The fraction of sp³-hybridized carbons (Fsp3) is 0.469. The number of piperazine rings is 1. The van der Waals surface area contributed by atoms with Crippen LogP contribution in [0.3, 0.4) is 0 Å². The summed E-state index contributed by atoms with van der Waals surface area (Å²) in [5.41, 5.74) is 3.33. The van der Waals surface area contributed by atoms with Crippen LogP contribution in [0.4, 0.5) is 11.5 Å². The molecule has 1 aromatic heterocycles. The average molecular weight is 557 g/mol. The van der Waals surface area contributed by atoms with Crippen LogP contribution in [0.15, 0.2) is 55.1 Å². The van der Waals surface area contributed by atoms with Crippen molar-refractivity contribution in [3.05, 3.63) is 66.4 Å². The first kappa shape index (κ1) is 27.5. The van der Waals surface area contributed by atoms with Gasteiger partial charge in [0.15, 0.2) is 0 Å². The number of hydrogen-bond donors (Lipinski definition) is 1. The summed E-state index contributed by atoms with van der Waals surface area (Å²) in [6.07, 6.45) is 5.01. The van der Waals surface area contributed by atoms with E-state index in [1.54, 1.807) is 0 Å². The van der Waals surface area contributed by atoms with E-state index in [0.29, 0.717) is 51.3 Å². The SMILES string of the molecule is C=CC(=O)N1CCN(c2nc(OC[C@@H]3CCCN3C)nc3c2CCN(c2cccc4ccccc24)C3)C(CCO)C1. The van der Waals surface area contributed by atoms with Crippen molar-refractivity contribution in [3.8, 4) is 6.01 Å². The monoisotopic (exact) mass is 556 g/mol. The van der Waals surface area contributed by atoms with E-state index in [1.807, 2.05) is 4.90 Å². The lowest BCUT2D eigenvalue weighted by Crippen LogP contribution is -2.55. The van der Waals surface area contributed by atoms with Gasteiger partial charge < -0.3 is 29.4 Å². The predicted octanol–water partition coefficient (Wildman–Crippen LogP) is 3.25. The van der Waals surface area contributed by atoms with Crippen molar-refractivity contribution in [1.29, 1.82) is 0 Å². The number of aliphatic hydroxyl groups excluding tert-OH is 1. The second-order valence-electron chi connectivity index (χ2n) is 11.4. The first-order chi connectivity index (χ1) is 20.1. The number of ether oxygens (including phenoxy) is 1. The minimum absolute atomic E-state index is 0.0385. The van der Waals surface area contributed by atoms with Gasteiger partial charge in [-0.2, -0.15) is 9.97 Å². The smallest absolute Gasteiger partial charge is 0.318 e. The van der Waals surface area contributed by atoms with E-state index in [2.05, 4.69) is 70.8 Å². The Morgan fingerprint density at radius 2 is 1.95 bits per heavy atom. The van der Waals surface area contributed by atoms with Gasteiger partial charge >= 0.3 is 6.01 Å². The Morgan fingerprint density at radius 1 is 1.10 bits per heavy atom. The van der Waals surface area contributed by atoms with Crippen LogP contribution in [0.25, 0.3) is 10.8 Å². The first-order valence-electron chi connectivity index (χ1n) is 14.8. The minimum Gasteiger partial charge on any atom is -0.462 e. The zero-order valence-electron chi connectivity index (χ0n) is 23.9. The van der Waals surface area contributed by atoms with E-state index >= 15 is 0 Å². The Labute approximate surface area is 242 Å². The van der Waals surface area contributed by atoms with Crippen molar-refractivity contribution >= 4 is 28.2 Å². The van der Waals surface area contributed by atoms with Crippen LogP contribution in [-0.2, 0) is 17.8 Å². The predicted molar refractivity (Wildman–Crippen MR) is 161 cm³/mol. The number of aliphatic hydroxyl groups is 1. The van der Waals surface area contributed by atoms with Crippen LogP contribution < -0.4 is 14.5 Å². The summed E-state index contributed by atoms with van der Waals surface area (Å²) in [5.74, 6) is 0.805. The number of fused-ring (bicyclic) bond motifs is 2. The maximum absolute atomic E-state index is 12.4. The molecule has 0 saturated carbocycles. The molecule has 0 spiro atoms.